The van der Waals surface area contributed by atoms with Crippen molar-refractivity contribution >= 4 is 0 Å². The van der Waals surface area contributed by atoms with Crippen LogP contribution in [0.4, 0.5) is 13.2 Å². The summed E-state index contributed by atoms with van der Waals surface area (Å²) in [4.78, 5) is 0. The van der Waals surface area contributed by atoms with Gasteiger partial charge in [0.05, 0.1) is 6.61 Å². The normalized spacial score (nSPS) is 33.6. The molecule has 1 aliphatic rings. The molecular weight excluding hydrogens is 145 g/mol. The maximum absolute atomic E-state index is 12.0. The van der Waals surface area contributed by atoms with Gasteiger partial charge < -0.3 is 4.74 Å². The van der Waals surface area contributed by atoms with Crippen molar-refractivity contribution in [2.45, 2.75) is 31.5 Å². The highest BCUT2D eigenvalue weighted by Gasteiger charge is 2.58. The van der Waals surface area contributed by atoms with Crippen molar-refractivity contribution < 1.29 is 17.9 Å². The molecular formula is C6H9F3O. The summed E-state index contributed by atoms with van der Waals surface area (Å²) in [5, 5.41) is 0. The van der Waals surface area contributed by atoms with Crippen LogP contribution >= 0.6 is 0 Å². The molecule has 0 saturated carbocycles. The predicted molar refractivity (Wildman–Crippen MR) is 29.6 cm³/mol. The van der Waals surface area contributed by atoms with E-state index in [0.717, 1.165) is 0 Å². The Morgan fingerprint density at radius 1 is 1.50 bits per heavy atom. The van der Waals surface area contributed by atoms with Crippen molar-refractivity contribution in [3.05, 3.63) is 0 Å². The van der Waals surface area contributed by atoms with Gasteiger partial charge in [-0.15, -0.1) is 0 Å². The minimum Gasteiger partial charge on any atom is -0.365 e. The van der Waals surface area contributed by atoms with Crippen LogP contribution in [0.3, 0.4) is 0 Å². The van der Waals surface area contributed by atoms with Crippen molar-refractivity contribution in [1.82, 2.24) is 0 Å². The lowest BCUT2D eigenvalue weighted by molar-refractivity contribution is -0.326. The molecule has 0 aromatic rings. The van der Waals surface area contributed by atoms with Crippen LogP contribution in [0.25, 0.3) is 0 Å². The van der Waals surface area contributed by atoms with E-state index < -0.39 is 11.8 Å². The van der Waals surface area contributed by atoms with Gasteiger partial charge in [0.25, 0.3) is 0 Å². The van der Waals surface area contributed by atoms with Crippen molar-refractivity contribution in [3.8, 4) is 0 Å². The molecule has 4 heteroatoms. The van der Waals surface area contributed by atoms with Crippen LogP contribution in [0.5, 0.6) is 0 Å². The SMILES string of the molecule is CCC1(C(F)(F)F)CCO1. The topological polar surface area (TPSA) is 9.23 Å². The molecule has 60 valence electrons. The smallest absolute Gasteiger partial charge is 0.365 e. The third-order valence-electron chi connectivity index (χ3n) is 1.97. The van der Waals surface area contributed by atoms with Gasteiger partial charge in [-0.1, -0.05) is 6.92 Å². The molecule has 0 spiro atoms. The number of hydrogen-bond acceptors (Lipinski definition) is 1. The molecule has 1 heterocycles. The molecule has 1 nitrogen and oxygen atoms in total. The highest BCUT2D eigenvalue weighted by Crippen LogP contribution is 2.44. The van der Waals surface area contributed by atoms with Crippen LogP contribution in [-0.2, 0) is 4.74 Å². The average Bonchev–Trinajstić information content (AvgIpc) is 1.58. The Morgan fingerprint density at radius 2 is 2.00 bits per heavy atom. The van der Waals surface area contributed by atoms with Crippen molar-refractivity contribution in [3.63, 3.8) is 0 Å². The lowest BCUT2D eigenvalue weighted by Crippen LogP contribution is -2.55. The summed E-state index contributed by atoms with van der Waals surface area (Å²) in [5.41, 5.74) is -1.80. The molecule has 1 aliphatic heterocycles. The molecule has 1 unspecified atom stereocenters. The van der Waals surface area contributed by atoms with Crippen molar-refractivity contribution in [1.29, 1.82) is 0 Å². The Labute approximate surface area is 57.2 Å². The Hall–Kier alpha value is -0.250. The first-order chi connectivity index (χ1) is 4.52. The Morgan fingerprint density at radius 3 is 2.00 bits per heavy atom. The minimum atomic E-state index is -4.18. The number of ether oxygens (including phenoxy) is 1. The third-order valence-corrected chi connectivity index (χ3v) is 1.97. The number of hydrogen-bond donors (Lipinski definition) is 0. The van der Waals surface area contributed by atoms with E-state index in [2.05, 4.69) is 4.74 Å². The van der Waals surface area contributed by atoms with E-state index in [1.54, 1.807) is 0 Å². The Kier molecular flexibility index (Phi) is 1.66. The van der Waals surface area contributed by atoms with E-state index in [0.29, 0.717) is 0 Å². The Balaban J connectivity index is 2.65. The lowest BCUT2D eigenvalue weighted by atomic mass is 9.91. The summed E-state index contributed by atoms with van der Waals surface area (Å²) < 4.78 is 40.6. The molecule has 0 N–H and O–H groups in total. The second-order valence-electron chi connectivity index (χ2n) is 2.44. The van der Waals surface area contributed by atoms with E-state index in [4.69, 9.17) is 0 Å². The fourth-order valence-corrected chi connectivity index (χ4v) is 1.05. The first kappa shape index (κ1) is 7.85. The molecule has 0 amide bonds. The van der Waals surface area contributed by atoms with Gasteiger partial charge in [-0.3, -0.25) is 0 Å². The summed E-state index contributed by atoms with van der Waals surface area (Å²) in [6.07, 6.45) is -4.04. The van der Waals surface area contributed by atoms with E-state index in [9.17, 15) is 13.2 Å². The molecule has 10 heavy (non-hydrogen) atoms. The lowest BCUT2D eigenvalue weighted by Gasteiger charge is -2.42. The Bertz CT molecular complexity index is 120. The molecule has 0 bridgehead atoms. The summed E-state index contributed by atoms with van der Waals surface area (Å²) in [6.45, 7) is 1.74. The van der Waals surface area contributed by atoms with Gasteiger partial charge in [0.15, 0.2) is 5.60 Å². The molecule has 0 radical (unpaired) electrons. The van der Waals surface area contributed by atoms with Gasteiger partial charge in [0.2, 0.25) is 0 Å². The van der Waals surface area contributed by atoms with E-state index in [1.807, 2.05) is 0 Å². The van der Waals surface area contributed by atoms with Crippen LogP contribution < -0.4 is 0 Å². The standard InChI is InChI=1S/C6H9F3O/c1-2-5(3-4-10-5)6(7,8)9/h2-4H2,1H3. The largest absolute Gasteiger partial charge is 0.417 e. The van der Waals surface area contributed by atoms with E-state index in [1.165, 1.54) is 6.92 Å². The number of alkyl halides is 3. The van der Waals surface area contributed by atoms with E-state index >= 15 is 0 Å². The van der Waals surface area contributed by atoms with Gasteiger partial charge in [0.1, 0.15) is 0 Å². The highest BCUT2D eigenvalue weighted by molar-refractivity contribution is 4.93. The van der Waals surface area contributed by atoms with Gasteiger partial charge in [-0.2, -0.15) is 13.2 Å². The first-order valence-electron chi connectivity index (χ1n) is 3.22. The van der Waals surface area contributed by atoms with Crippen LogP contribution in [0.1, 0.15) is 19.8 Å². The second kappa shape index (κ2) is 2.12. The molecule has 1 atom stereocenters. The molecule has 1 fully saturated rings. The highest BCUT2D eigenvalue weighted by atomic mass is 19.4. The summed E-state index contributed by atoms with van der Waals surface area (Å²) in [7, 11) is 0. The third kappa shape index (κ3) is 0.905. The maximum Gasteiger partial charge on any atom is 0.417 e. The number of halogens is 3. The van der Waals surface area contributed by atoms with Crippen LogP contribution in [0.2, 0.25) is 0 Å². The van der Waals surface area contributed by atoms with Gasteiger partial charge in [0, 0.05) is 6.42 Å². The minimum absolute atomic E-state index is 0.0243. The van der Waals surface area contributed by atoms with Crippen LogP contribution in [0.15, 0.2) is 0 Å². The van der Waals surface area contributed by atoms with Gasteiger partial charge in [-0.25, -0.2) is 0 Å². The van der Waals surface area contributed by atoms with Crippen LogP contribution in [0, 0.1) is 0 Å². The summed E-state index contributed by atoms with van der Waals surface area (Å²) in [5.74, 6) is 0. The van der Waals surface area contributed by atoms with Crippen LogP contribution in [-0.4, -0.2) is 18.4 Å². The van der Waals surface area contributed by atoms with Gasteiger partial charge >= 0.3 is 6.18 Å². The zero-order chi connectivity index (χ0) is 7.83. The summed E-state index contributed by atoms with van der Waals surface area (Å²) in [6, 6.07) is 0. The fourth-order valence-electron chi connectivity index (χ4n) is 1.05. The maximum atomic E-state index is 12.0. The number of rotatable bonds is 1. The molecule has 1 rings (SSSR count). The molecule has 0 aliphatic carbocycles. The predicted octanol–water partition coefficient (Wildman–Crippen LogP) is 2.12. The second-order valence-corrected chi connectivity index (χ2v) is 2.44. The monoisotopic (exact) mass is 154 g/mol. The quantitative estimate of drug-likeness (QED) is 0.562. The van der Waals surface area contributed by atoms with Crippen molar-refractivity contribution in [2.75, 3.05) is 6.61 Å². The molecule has 1 saturated heterocycles. The molecule has 0 aromatic heterocycles. The first-order valence-corrected chi connectivity index (χ1v) is 3.22. The van der Waals surface area contributed by atoms with E-state index in [-0.39, 0.29) is 19.4 Å². The van der Waals surface area contributed by atoms with Gasteiger partial charge in [-0.05, 0) is 6.42 Å². The average molecular weight is 154 g/mol. The fraction of sp³-hybridized carbons (Fsp3) is 1.00. The summed E-state index contributed by atoms with van der Waals surface area (Å²) >= 11 is 0. The molecule has 0 aromatic carbocycles. The van der Waals surface area contributed by atoms with Crippen molar-refractivity contribution in [2.24, 2.45) is 0 Å². The zero-order valence-electron chi connectivity index (χ0n) is 5.66. The zero-order valence-corrected chi connectivity index (χ0v) is 5.66.